The van der Waals surface area contributed by atoms with Gasteiger partial charge in [-0.05, 0) is 62.2 Å². The van der Waals surface area contributed by atoms with E-state index in [-0.39, 0.29) is 12.0 Å². The van der Waals surface area contributed by atoms with Crippen molar-refractivity contribution < 1.29 is 23.7 Å². The minimum atomic E-state index is -0.108. The van der Waals surface area contributed by atoms with E-state index < -0.39 is 0 Å². The number of rotatable bonds is 10. The Morgan fingerprint density at radius 1 is 0.974 bits per heavy atom. The van der Waals surface area contributed by atoms with E-state index in [1.807, 2.05) is 78.6 Å². The Kier molecular flexibility index (Phi) is 8.13. The highest BCUT2D eigenvalue weighted by atomic mass is 16.5. The molecular formula is C31H33N3O5. The van der Waals surface area contributed by atoms with Crippen LogP contribution in [0.25, 0.3) is 5.69 Å². The summed E-state index contributed by atoms with van der Waals surface area (Å²) in [5.74, 6) is 2.36. The Balaban J connectivity index is 1.55. The van der Waals surface area contributed by atoms with Gasteiger partial charge in [0.05, 0.1) is 43.8 Å². The van der Waals surface area contributed by atoms with Crippen molar-refractivity contribution in [2.75, 3.05) is 27.4 Å². The molecule has 2 heterocycles. The maximum atomic E-state index is 13.9. The van der Waals surface area contributed by atoms with Gasteiger partial charge >= 0.3 is 0 Å². The lowest BCUT2D eigenvalue weighted by molar-refractivity contribution is 0.0505. The van der Waals surface area contributed by atoms with Crippen molar-refractivity contribution in [3.8, 4) is 28.8 Å². The number of ether oxygens (including phenoxy) is 4. The lowest BCUT2D eigenvalue weighted by Gasteiger charge is -2.26. The molecule has 4 aromatic rings. The van der Waals surface area contributed by atoms with Crippen molar-refractivity contribution in [1.29, 1.82) is 0 Å². The second-order valence-corrected chi connectivity index (χ2v) is 9.45. The zero-order valence-corrected chi connectivity index (χ0v) is 22.5. The molecule has 1 aliphatic heterocycles. The molecule has 1 amide bonds. The first-order chi connectivity index (χ1) is 19.1. The summed E-state index contributed by atoms with van der Waals surface area (Å²) in [7, 11) is 3.22. The van der Waals surface area contributed by atoms with Gasteiger partial charge in [0.1, 0.15) is 17.2 Å². The Hall–Kier alpha value is -4.30. The van der Waals surface area contributed by atoms with E-state index in [9.17, 15) is 4.79 Å². The van der Waals surface area contributed by atoms with Gasteiger partial charge in [-0.25, -0.2) is 4.68 Å². The van der Waals surface area contributed by atoms with E-state index >= 15 is 0 Å². The molecule has 8 nitrogen and oxygen atoms in total. The van der Waals surface area contributed by atoms with Gasteiger partial charge < -0.3 is 23.8 Å². The van der Waals surface area contributed by atoms with Crippen molar-refractivity contribution in [1.82, 2.24) is 14.7 Å². The van der Waals surface area contributed by atoms with Crippen LogP contribution in [0.5, 0.6) is 23.1 Å². The van der Waals surface area contributed by atoms with Gasteiger partial charge in [0.2, 0.25) is 5.88 Å². The van der Waals surface area contributed by atoms with Crippen LogP contribution in [0.3, 0.4) is 0 Å². The summed E-state index contributed by atoms with van der Waals surface area (Å²) >= 11 is 0. The molecule has 5 rings (SSSR count). The molecule has 202 valence electrons. The molecule has 0 spiro atoms. The summed E-state index contributed by atoms with van der Waals surface area (Å²) in [4.78, 5) is 15.7. The number of carbonyl (C=O) groups is 1. The molecule has 39 heavy (non-hydrogen) atoms. The van der Waals surface area contributed by atoms with Gasteiger partial charge in [-0.2, -0.15) is 5.10 Å². The third-order valence-electron chi connectivity index (χ3n) is 6.79. The summed E-state index contributed by atoms with van der Waals surface area (Å²) < 4.78 is 25.0. The van der Waals surface area contributed by atoms with Crippen LogP contribution in [0.4, 0.5) is 0 Å². The van der Waals surface area contributed by atoms with Crippen molar-refractivity contribution in [2.24, 2.45) is 0 Å². The normalized spacial score (nSPS) is 14.7. The number of hydrogen-bond donors (Lipinski definition) is 0. The molecule has 1 saturated heterocycles. The van der Waals surface area contributed by atoms with Gasteiger partial charge in [0, 0.05) is 24.8 Å². The lowest BCUT2D eigenvalue weighted by Crippen LogP contribution is -2.37. The Morgan fingerprint density at radius 3 is 2.41 bits per heavy atom. The Labute approximate surface area is 228 Å². The van der Waals surface area contributed by atoms with Crippen molar-refractivity contribution >= 4 is 5.91 Å². The highest BCUT2D eigenvalue weighted by molar-refractivity contribution is 5.94. The first-order valence-electron chi connectivity index (χ1n) is 13.1. The van der Waals surface area contributed by atoms with Crippen molar-refractivity contribution in [2.45, 2.75) is 32.4 Å². The number of benzene rings is 3. The number of hydrogen-bond acceptors (Lipinski definition) is 6. The maximum Gasteiger partial charge on any atom is 0.254 e. The molecule has 0 bridgehead atoms. The summed E-state index contributed by atoms with van der Waals surface area (Å²) in [6.45, 7) is 3.41. The highest BCUT2D eigenvalue weighted by Crippen LogP contribution is 2.33. The number of para-hydroxylation sites is 1. The van der Waals surface area contributed by atoms with Crippen LogP contribution >= 0.6 is 0 Å². The van der Waals surface area contributed by atoms with Gasteiger partial charge in [-0.15, -0.1) is 0 Å². The number of amides is 1. The Bertz CT molecular complexity index is 1410. The van der Waals surface area contributed by atoms with Crippen molar-refractivity contribution in [3.63, 3.8) is 0 Å². The van der Waals surface area contributed by atoms with E-state index in [0.29, 0.717) is 48.4 Å². The first kappa shape index (κ1) is 26.3. The minimum Gasteiger partial charge on any atom is -0.497 e. The fraction of sp³-hybridized carbons (Fsp3) is 0.290. The third kappa shape index (κ3) is 6.07. The smallest absolute Gasteiger partial charge is 0.254 e. The average Bonchev–Trinajstić information content (AvgIpc) is 3.60. The molecule has 0 N–H and O–H groups in total. The van der Waals surface area contributed by atoms with E-state index in [4.69, 9.17) is 24.0 Å². The minimum absolute atomic E-state index is 0.0215. The molecule has 8 heteroatoms. The second kappa shape index (κ2) is 12.0. The summed E-state index contributed by atoms with van der Waals surface area (Å²) in [5.41, 5.74) is 2.99. The summed E-state index contributed by atoms with van der Waals surface area (Å²) in [6.07, 6.45) is 1.88. The molecule has 0 saturated carbocycles. The van der Waals surface area contributed by atoms with E-state index in [2.05, 4.69) is 0 Å². The average molecular weight is 528 g/mol. The lowest BCUT2D eigenvalue weighted by atomic mass is 10.1. The highest BCUT2D eigenvalue weighted by Gasteiger charge is 2.28. The zero-order valence-electron chi connectivity index (χ0n) is 22.5. The monoisotopic (exact) mass is 527 g/mol. The van der Waals surface area contributed by atoms with Gasteiger partial charge in [-0.3, -0.25) is 4.79 Å². The van der Waals surface area contributed by atoms with Crippen LogP contribution in [-0.4, -0.2) is 54.1 Å². The zero-order chi connectivity index (χ0) is 27.2. The van der Waals surface area contributed by atoms with E-state index in [1.54, 1.807) is 31.0 Å². The quantitative estimate of drug-likeness (QED) is 0.259. The van der Waals surface area contributed by atoms with Crippen LogP contribution in [-0.2, 0) is 11.3 Å². The topological polar surface area (TPSA) is 75.1 Å². The van der Waals surface area contributed by atoms with Crippen LogP contribution in [0.1, 0.15) is 34.5 Å². The van der Waals surface area contributed by atoms with Crippen LogP contribution in [0.15, 0.2) is 78.9 Å². The molecule has 1 fully saturated rings. The summed E-state index contributed by atoms with van der Waals surface area (Å²) in [5, 5.41) is 4.84. The number of aromatic nitrogens is 2. The van der Waals surface area contributed by atoms with E-state index in [1.165, 1.54) is 0 Å². The predicted molar refractivity (Wildman–Crippen MR) is 148 cm³/mol. The van der Waals surface area contributed by atoms with Crippen molar-refractivity contribution in [3.05, 3.63) is 95.7 Å². The fourth-order valence-electron chi connectivity index (χ4n) is 4.73. The van der Waals surface area contributed by atoms with Crippen LogP contribution in [0.2, 0.25) is 0 Å². The predicted octanol–water partition coefficient (Wildman–Crippen LogP) is 5.81. The molecular weight excluding hydrogens is 494 g/mol. The van der Waals surface area contributed by atoms with Gasteiger partial charge in [0.25, 0.3) is 5.91 Å². The van der Waals surface area contributed by atoms with E-state index in [0.717, 1.165) is 29.8 Å². The second-order valence-electron chi connectivity index (χ2n) is 9.45. The molecule has 3 aromatic carbocycles. The SMILES string of the molecule is COc1cccc(Oc2c(CN(C[C@@H]3CCCO3)C(=O)c3cccc(OC)c3)c(C)nn2-c2ccccc2)c1. The Morgan fingerprint density at radius 2 is 1.69 bits per heavy atom. The van der Waals surface area contributed by atoms with Crippen LogP contribution < -0.4 is 14.2 Å². The molecule has 0 radical (unpaired) electrons. The number of carbonyl (C=O) groups excluding carboxylic acids is 1. The number of aryl methyl sites for hydroxylation is 1. The number of nitrogens with zero attached hydrogens (tertiary/aromatic N) is 3. The van der Waals surface area contributed by atoms with Gasteiger partial charge in [0.15, 0.2) is 0 Å². The molecule has 0 aliphatic carbocycles. The third-order valence-corrected chi connectivity index (χ3v) is 6.79. The fourth-order valence-corrected chi connectivity index (χ4v) is 4.73. The standard InChI is InChI=1S/C31H33N3O5/c1-22-29(21-33(20-28-16-9-17-38-28)30(35)23-10-7-13-25(18-23)36-2)31(34(32-22)24-11-5-4-6-12-24)39-27-15-8-14-26(19-27)37-3/h4-8,10-15,18-19,28H,9,16-17,20-21H2,1-3H3/t28-/m0/s1. The molecule has 0 unspecified atom stereocenters. The number of methoxy groups -OCH3 is 2. The molecule has 1 atom stereocenters. The largest absolute Gasteiger partial charge is 0.497 e. The maximum absolute atomic E-state index is 13.9. The molecule has 1 aromatic heterocycles. The summed E-state index contributed by atoms with van der Waals surface area (Å²) in [6, 6.07) is 24.5. The molecule has 1 aliphatic rings. The first-order valence-corrected chi connectivity index (χ1v) is 13.1. The van der Waals surface area contributed by atoms with Crippen LogP contribution in [0, 0.1) is 6.92 Å². The van der Waals surface area contributed by atoms with Gasteiger partial charge in [-0.1, -0.05) is 30.3 Å².